The molecular formula is C25H34N4O5S. The highest BCUT2D eigenvalue weighted by Gasteiger charge is 2.26. The van der Waals surface area contributed by atoms with Crippen molar-refractivity contribution in [3.63, 3.8) is 0 Å². The maximum atomic E-state index is 12.5. The van der Waals surface area contributed by atoms with Crippen LogP contribution in [-0.2, 0) is 16.1 Å². The van der Waals surface area contributed by atoms with Crippen molar-refractivity contribution in [3.8, 4) is 17.2 Å². The number of ketones is 1. The van der Waals surface area contributed by atoms with Crippen LogP contribution in [0.15, 0.2) is 34.9 Å². The Morgan fingerprint density at radius 3 is 2.51 bits per heavy atom. The number of amides is 1. The summed E-state index contributed by atoms with van der Waals surface area (Å²) >= 11 is 1.70. The quantitative estimate of drug-likeness (QED) is 0.496. The van der Waals surface area contributed by atoms with Crippen LogP contribution in [0.4, 0.5) is 0 Å². The molecule has 2 N–H and O–H groups in total. The van der Waals surface area contributed by atoms with Gasteiger partial charge in [0.15, 0.2) is 17.3 Å². The number of nitrogens with one attached hydrogen (secondary N) is 2. The van der Waals surface area contributed by atoms with Crippen LogP contribution in [0.2, 0.25) is 0 Å². The second-order valence-electron chi connectivity index (χ2n) is 8.75. The number of rotatable bonds is 10. The van der Waals surface area contributed by atoms with Crippen LogP contribution in [0.1, 0.15) is 18.4 Å². The first kappa shape index (κ1) is 25.4. The molecule has 0 saturated carbocycles. The van der Waals surface area contributed by atoms with E-state index in [1.807, 2.05) is 18.2 Å². The smallest absolute Gasteiger partial charge is 0.234 e. The van der Waals surface area contributed by atoms with Gasteiger partial charge in [-0.25, -0.2) is 0 Å². The Hall–Kier alpha value is -2.69. The van der Waals surface area contributed by atoms with Gasteiger partial charge >= 0.3 is 0 Å². The third kappa shape index (κ3) is 6.31. The monoisotopic (exact) mass is 502 g/mol. The molecule has 1 unspecified atom stereocenters. The third-order valence-electron chi connectivity index (χ3n) is 6.41. The molecule has 1 fully saturated rings. The van der Waals surface area contributed by atoms with Gasteiger partial charge in [-0.2, -0.15) is 0 Å². The van der Waals surface area contributed by atoms with E-state index in [9.17, 15) is 9.59 Å². The molecule has 1 aromatic rings. The fraction of sp³-hybridized carbons (Fsp3) is 0.520. The average molecular weight is 503 g/mol. The van der Waals surface area contributed by atoms with E-state index in [1.54, 1.807) is 39.2 Å². The predicted octanol–water partition coefficient (Wildman–Crippen LogP) is 1.74. The highest BCUT2D eigenvalue weighted by atomic mass is 32.2. The molecule has 0 radical (unpaired) electrons. The minimum atomic E-state index is 0.0517. The lowest BCUT2D eigenvalue weighted by atomic mass is 10.1. The number of nitrogens with zero attached hydrogens (tertiary/aromatic N) is 2. The van der Waals surface area contributed by atoms with Gasteiger partial charge in [0.05, 0.1) is 33.2 Å². The normalized spacial score (nSPS) is 20.4. The number of piperazine rings is 1. The van der Waals surface area contributed by atoms with Gasteiger partial charge in [-0.15, -0.1) is 11.8 Å². The van der Waals surface area contributed by atoms with Crippen LogP contribution in [0, 0.1) is 0 Å². The van der Waals surface area contributed by atoms with Crippen molar-refractivity contribution < 1.29 is 23.8 Å². The van der Waals surface area contributed by atoms with Crippen LogP contribution < -0.4 is 24.8 Å². The van der Waals surface area contributed by atoms with E-state index in [2.05, 4.69) is 20.4 Å². The number of ether oxygens (including phenoxy) is 3. The Labute approximate surface area is 210 Å². The minimum Gasteiger partial charge on any atom is -0.493 e. The maximum Gasteiger partial charge on any atom is 0.234 e. The van der Waals surface area contributed by atoms with Crippen LogP contribution >= 0.6 is 11.8 Å². The summed E-state index contributed by atoms with van der Waals surface area (Å²) in [6.45, 7) is 5.17. The second kappa shape index (κ2) is 11.8. The molecule has 1 aromatic carbocycles. The summed E-state index contributed by atoms with van der Waals surface area (Å²) in [5.74, 6) is 2.15. The largest absolute Gasteiger partial charge is 0.493 e. The van der Waals surface area contributed by atoms with E-state index >= 15 is 0 Å². The zero-order valence-corrected chi connectivity index (χ0v) is 21.4. The number of hydrogen-bond acceptors (Lipinski definition) is 9. The zero-order valence-electron chi connectivity index (χ0n) is 20.6. The number of carbonyl (C=O) groups is 2. The maximum absolute atomic E-state index is 12.5. The number of benzene rings is 1. The molecule has 35 heavy (non-hydrogen) atoms. The van der Waals surface area contributed by atoms with Crippen LogP contribution in [0.3, 0.4) is 0 Å². The van der Waals surface area contributed by atoms with Gasteiger partial charge in [-0.05, 0) is 24.6 Å². The van der Waals surface area contributed by atoms with E-state index in [1.165, 1.54) is 0 Å². The Morgan fingerprint density at radius 2 is 1.80 bits per heavy atom. The number of carbonyl (C=O) groups excluding carboxylic acids is 2. The summed E-state index contributed by atoms with van der Waals surface area (Å²) in [7, 11) is 4.87. The standard InChI is InChI=1S/C25H34N4O5S/c1-32-20-7-4-17(24(33-2)25(20)34-3)15-28-10-12-29(13-11-28)16-22(31)26-9-8-23-27-19-6-5-18(30)14-21(19)35-23/h4-7,23,27H,8-16H2,1-3H3,(H,26,31). The summed E-state index contributed by atoms with van der Waals surface area (Å²) in [6.07, 6.45) is 4.78. The number of methoxy groups -OCH3 is 3. The summed E-state index contributed by atoms with van der Waals surface area (Å²) in [6, 6.07) is 3.91. The lowest BCUT2D eigenvalue weighted by Crippen LogP contribution is -2.49. The Balaban J connectivity index is 1.16. The SMILES string of the molecule is COc1ccc(CN2CCN(CC(=O)NCCC3NC4=C(CC(=O)C=C4)S3)CC2)c(OC)c1OC. The van der Waals surface area contributed by atoms with E-state index in [0.29, 0.717) is 36.8 Å². The number of hydrogen-bond donors (Lipinski definition) is 2. The summed E-state index contributed by atoms with van der Waals surface area (Å²) in [5, 5.41) is 6.67. The van der Waals surface area contributed by atoms with Gasteiger partial charge < -0.3 is 24.8 Å². The first-order valence-electron chi connectivity index (χ1n) is 11.9. The van der Waals surface area contributed by atoms with Crippen molar-refractivity contribution in [3.05, 3.63) is 40.5 Å². The van der Waals surface area contributed by atoms with Crippen molar-refractivity contribution >= 4 is 23.5 Å². The highest BCUT2D eigenvalue weighted by Crippen LogP contribution is 2.40. The van der Waals surface area contributed by atoms with Crippen molar-refractivity contribution in [2.45, 2.75) is 24.8 Å². The minimum absolute atomic E-state index is 0.0517. The molecule has 0 aromatic heterocycles. The first-order chi connectivity index (χ1) is 17.0. The summed E-state index contributed by atoms with van der Waals surface area (Å²) in [4.78, 5) is 29.7. The third-order valence-corrected chi connectivity index (χ3v) is 7.70. The van der Waals surface area contributed by atoms with E-state index in [-0.39, 0.29) is 17.1 Å². The molecule has 190 valence electrons. The van der Waals surface area contributed by atoms with Gasteiger partial charge in [0.2, 0.25) is 11.7 Å². The Kier molecular flexibility index (Phi) is 8.59. The first-order valence-corrected chi connectivity index (χ1v) is 12.7. The van der Waals surface area contributed by atoms with Crippen molar-refractivity contribution in [1.82, 2.24) is 20.4 Å². The molecule has 10 heteroatoms. The van der Waals surface area contributed by atoms with Gasteiger partial charge in [0, 0.05) is 61.9 Å². The van der Waals surface area contributed by atoms with Gasteiger partial charge in [-0.1, -0.05) is 6.07 Å². The molecule has 1 atom stereocenters. The van der Waals surface area contributed by atoms with Crippen LogP contribution in [0.5, 0.6) is 17.2 Å². The molecule has 3 aliphatic rings. The summed E-state index contributed by atoms with van der Waals surface area (Å²) in [5.41, 5.74) is 2.10. The molecule has 2 aliphatic heterocycles. The van der Waals surface area contributed by atoms with Crippen LogP contribution in [-0.4, -0.2) is 87.5 Å². The fourth-order valence-corrected chi connectivity index (χ4v) is 5.80. The van der Waals surface area contributed by atoms with Crippen molar-refractivity contribution in [2.24, 2.45) is 0 Å². The lowest BCUT2D eigenvalue weighted by molar-refractivity contribution is -0.122. The van der Waals surface area contributed by atoms with Crippen molar-refractivity contribution in [1.29, 1.82) is 0 Å². The Morgan fingerprint density at radius 1 is 1.06 bits per heavy atom. The molecule has 9 nitrogen and oxygen atoms in total. The van der Waals surface area contributed by atoms with E-state index < -0.39 is 0 Å². The zero-order chi connectivity index (χ0) is 24.8. The topological polar surface area (TPSA) is 92.4 Å². The molecule has 0 spiro atoms. The highest BCUT2D eigenvalue weighted by molar-refractivity contribution is 8.03. The fourth-order valence-electron chi connectivity index (χ4n) is 4.56. The number of allylic oxidation sites excluding steroid dienone is 3. The predicted molar refractivity (Wildman–Crippen MR) is 136 cm³/mol. The van der Waals surface area contributed by atoms with Gasteiger partial charge in [0.1, 0.15) is 0 Å². The average Bonchev–Trinajstić information content (AvgIpc) is 3.26. The molecule has 0 bridgehead atoms. The lowest BCUT2D eigenvalue weighted by Gasteiger charge is -2.34. The van der Waals surface area contributed by atoms with E-state index in [4.69, 9.17) is 14.2 Å². The second-order valence-corrected chi connectivity index (χ2v) is 10.0. The Bertz CT molecular complexity index is 1000. The molecule has 1 saturated heterocycles. The molecule has 1 aliphatic carbocycles. The molecule has 2 heterocycles. The van der Waals surface area contributed by atoms with Gasteiger partial charge in [-0.3, -0.25) is 19.4 Å². The summed E-state index contributed by atoms with van der Waals surface area (Å²) < 4.78 is 16.5. The molecular weight excluding hydrogens is 468 g/mol. The van der Waals surface area contributed by atoms with E-state index in [0.717, 1.165) is 55.3 Å². The van der Waals surface area contributed by atoms with Crippen molar-refractivity contribution in [2.75, 3.05) is 60.6 Å². The molecule has 4 rings (SSSR count). The number of thioether (sulfide) groups is 1. The van der Waals surface area contributed by atoms with Crippen LogP contribution in [0.25, 0.3) is 0 Å². The van der Waals surface area contributed by atoms with Gasteiger partial charge in [0.25, 0.3) is 0 Å². The molecule has 1 amide bonds.